The van der Waals surface area contributed by atoms with E-state index in [9.17, 15) is 0 Å². The van der Waals surface area contributed by atoms with Gasteiger partial charge in [-0.15, -0.1) is 0 Å². The summed E-state index contributed by atoms with van der Waals surface area (Å²) >= 11 is 1.72. The van der Waals surface area contributed by atoms with Crippen LogP contribution in [0.1, 0.15) is 23.7 Å². The monoisotopic (exact) mass is 234 g/mol. The second kappa shape index (κ2) is 5.69. The van der Waals surface area contributed by atoms with Crippen LogP contribution in [0.2, 0.25) is 0 Å². The van der Waals surface area contributed by atoms with Crippen molar-refractivity contribution in [1.29, 1.82) is 0 Å². The second-order valence-corrected chi connectivity index (χ2v) is 4.30. The SMILES string of the molecule is NNC(CCc1ccsc1)c1ccncn1. The molecule has 0 saturated heterocycles. The zero-order valence-electron chi connectivity index (χ0n) is 8.84. The highest BCUT2D eigenvalue weighted by Crippen LogP contribution is 2.17. The van der Waals surface area contributed by atoms with Crippen LogP contribution in [0, 0.1) is 0 Å². The molecule has 0 radical (unpaired) electrons. The summed E-state index contributed by atoms with van der Waals surface area (Å²) in [6.45, 7) is 0. The summed E-state index contributed by atoms with van der Waals surface area (Å²) in [6, 6.07) is 4.11. The number of nitrogens with zero attached hydrogens (tertiary/aromatic N) is 2. The van der Waals surface area contributed by atoms with Gasteiger partial charge in [-0.05, 0) is 41.3 Å². The maximum atomic E-state index is 5.54. The van der Waals surface area contributed by atoms with E-state index in [-0.39, 0.29) is 6.04 Å². The zero-order valence-corrected chi connectivity index (χ0v) is 9.65. The number of nitrogens with two attached hydrogens (primary N) is 1. The van der Waals surface area contributed by atoms with Gasteiger partial charge in [-0.1, -0.05) is 0 Å². The molecule has 0 fully saturated rings. The molecule has 5 heteroatoms. The number of rotatable bonds is 5. The van der Waals surface area contributed by atoms with E-state index in [2.05, 4.69) is 32.2 Å². The first kappa shape index (κ1) is 11.2. The van der Waals surface area contributed by atoms with Crippen LogP contribution in [0.25, 0.3) is 0 Å². The molecule has 0 aromatic carbocycles. The molecule has 1 unspecified atom stereocenters. The smallest absolute Gasteiger partial charge is 0.115 e. The number of nitrogens with one attached hydrogen (secondary N) is 1. The number of hydrogen-bond donors (Lipinski definition) is 2. The molecule has 0 aliphatic rings. The predicted molar refractivity (Wildman–Crippen MR) is 64.7 cm³/mol. The van der Waals surface area contributed by atoms with Crippen LogP contribution in [0.5, 0.6) is 0 Å². The molecular formula is C11H14N4S. The van der Waals surface area contributed by atoms with Crippen molar-refractivity contribution in [3.05, 3.63) is 46.7 Å². The van der Waals surface area contributed by atoms with Gasteiger partial charge in [0.1, 0.15) is 6.33 Å². The summed E-state index contributed by atoms with van der Waals surface area (Å²) in [4.78, 5) is 8.09. The molecule has 2 heterocycles. The molecule has 0 bridgehead atoms. The van der Waals surface area contributed by atoms with Gasteiger partial charge in [-0.25, -0.2) is 9.97 Å². The van der Waals surface area contributed by atoms with Crippen molar-refractivity contribution in [2.45, 2.75) is 18.9 Å². The topological polar surface area (TPSA) is 63.8 Å². The van der Waals surface area contributed by atoms with E-state index in [0.717, 1.165) is 18.5 Å². The number of hydrazine groups is 1. The Hall–Kier alpha value is -1.30. The summed E-state index contributed by atoms with van der Waals surface area (Å²) in [5, 5.41) is 4.25. The van der Waals surface area contributed by atoms with Crippen molar-refractivity contribution in [2.24, 2.45) is 5.84 Å². The van der Waals surface area contributed by atoms with Crippen LogP contribution in [-0.2, 0) is 6.42 Å². The van der Waals surface area contributed by atoms with Crippen LogP contribution >= 0.6 is 11.3 Å². The van der Waals surface area contributed by atoms with Crippen molar-refractivity contribution in [1.82, 2.24) is 15.4 Å². The molecule has 0 saturated carbocycles. The third kappa shape index (κ3) is 2.85. The van der Waals surface area contributed by atoms with E-state index in [1.807, 2.05) is 6.07 Å². The summed E-state index contributed by atoms with van der Waals surface area (Å²) in [5.41, 5.74) is 5.08. The quantitative estimate of drug-likeness (QED) is 0.610. The molecule has 2 aromatic rings. The van der Waals surface area contributed by atoms with Crippen molar-refractivity contribution in [3.8, 4) is 0 Å². The molecule has 84 valence electrons. The fraction of sp³-hybridized carbons (Fsp3) is 0.273. The third-order valence-electron chi connectivity index (χ3n) is 2.46. The average Bonchev–Trinajstić information content (AvgIpc) is 2.84. The number of thiophene rings is 1. The molecule has 16 heavy (non-hydrogen) atoms. The van der Waals surface area contributed by atoms with E-state index in [4.69, 9.17) is 5.84 Å². The van der Waals surface area contributed by atoms with E-state index >= 15 is 0 Å². The number of aromatic nitrogens is 2. The highest BCUT2D eigenvalue weighted by Gasteiger charge is 2.10. The Bertz CT molecular complexity index is 401. The molecule has 0 aliphatic carbocycles. The Morgan fingerprint density at radius 3 is 3.00 bits per heavy atom. The van der Waals surface area contributed by atoms with Crippen molar-refractivity contribution in [2.75, 3.05) is 0 Å². The van der Waals surface area contributed by atoms with Gasteiger partial charge in [0.05, 0.1) is 11.7 Å². The summed E-state index contributed by atoms with van der Waals surface area (Å²) in [5.74, 6) is 5.54. The lowest BCUT2D eigenvalue weighted by Crippen LogP contribution is -2.29. The maximum Gasteiger partial charge on any atom is 0.115 e. The van der Waals surface area contributed by atoms with Gasteiger partial charge in [0, 0.05) is 6.20 Å². The molecule has 2 rings (SSSR count). The lowest BCUT2D eigenvalue weighted by molar-refractivity contribution is 0.504. The summed E-state index contributed by atoms with van der Waals surface area (Å²) < 4.78 is 0. The Kier molecular flexibility index (Phi) is 3.98. The van der Waals surface area contributed by atoms with Gasteiger partial charge in [-0.2, -0.15) is 11.3 Å². The molecule has 0 aliphatic heterocycles. The van der Waals surface area contributed by atoms with Gasteiger partial charge in [-0.3, -0.25) is 11.3 Å². The third-order valence-corrected chi connectivity index (χ3v) is 3.20. The predicted octanol–water partition coefficient (Wildman–Crippen LogP) is 1.68. The van der Waals surface area contributed by atoms with E-state index in [0.29, 0.717) is 0 Å². The Labute approximate surface area is 98.5 Å². The highest BCUT2D eigenvalue weighted by atomic mass is 32.1. The van der Waals surface area contributed by atoms with Crippen LogP contribution in [0.15, 0.2) is 35.4 Å². The molecular weight excluding hydrogens is 220 g/mol. The number of hydrogen-bond acceptors (Lipinski definition) is 5. The van der Waals surface area contributed by atoms with Gasteiger partial charge in [0.2, 0.25) is 0 Å². The molecule has 3 N–H and O–H groups in total. The molecule has 1 atom stereocenters. The molecule has 0 amide bonds. The van der Waals surface area contributed by atoms with Gasteiger partial charge in [0.15, 0.2) is 0 Å². The average molecular weight is 234 g/mol. The Balaban J connectivity index is 1.96. The first-order valence-corrected chi connectivity index (χ1v) is 6.07. The number of aryl methyl sites for hydroxylation is 1. The lowest BCUT2D eigenvalue weighted by atomic mass is 10.1. The van der Waals surface area contributed by atoms with Crippen LogP contribution in [0.4, 0.5) is 0 Å². The molecule has 0 spiro atoms. The molecule has 4 nitrogen and oxygen atoms in total. The largest absolute Gasteiger partial charge is 0.271 e. The van der Waals surface area contributed by atoms with Crippen LogP contribution in [-0.4, -0.2) is 9.97 Å². The first-order valence-electron chi connectivity index (χ1n) is 5.13. The fourth-order valence-electron chi connectivity index (χ4n) is 1.57. The minimum absolute atomic E-state index is 0.0860. The summed E-state index contributed by atoms with van der Waals surface area (Å²) in [7, 11) is 0. The normalized spacial score (nSPS) is 12.6. The minimum atomic E-state index is 0.0860. The van der Waals surface area contributed by atoms with Crippen molar-refractivity contribution in [3.63, 3.8) is 0 Å². The fourth-order valence-corrected chi connectivity index (χ4v) is 2.27. The Morgan fingerprint density at radius 2 is 2.38 bits per heavy atom. The van der Waals surface area contributed by atoms with Crippen molar-refractivity contribution >= 4 is 11.3 Å². The highest BCUT2D eigenvalue weighted by molar-refractivity contribution is 7.07. The van der Waals surface area contributed by atoms with Crippen LogP contribution < -0.4 is 11.3 Å². The minimum Gasteiger partial charge on any atom is -0.271 e. The first-order chi connectivity index (χ1) is 7.90. The second-order valence-electron chi connectivity index (χ2n) is 3.52. The molecule has 2 aromatic heterocycles. The van der Waals surface area contributed by atoms with Crippen LogP contribution in [0.3, 0.4) is 0 Å². The standard InChI is InChI=1S/C11H14N4S/c12-15-11(10-3-5-13-8-14-10)2-1-9-4-6-16-7-9/h3-8,11,15H,1-2,12H2. The van der Waals surface area contributed by atoms with Crippen molar-refractivity contribution < 1.29 is 0 Å². The van der Waals surface area contributed by atoms with E-state index in [1.165, 1.54) is 5.56 Å². The van der Waals surface area contributed by atoms with Gasteiger partial charge >= 0.3 is 0 Å². The lowest BCUT2D eigenvalue weighted by Gasteiger charge is -2.14. The van der Waals surface area contributed by atoms with E-state index in [1.54, 1.807) is 23.9 Å². The summed E-state index contributed by atoms with van der Waals surface area (Å²) in [6.07, 6.45) is 5.22. The van der Waals surface area contributed by atoms with Gasteiger partial charge < -0.3 is 0 Å². The zero-order chi connectivity index (χ0) is 11.2. The van der Waals surface area contributed by atoms with Gasteiger partial charge in [0.25, 0.3) is 0 Å². The van der Waals surface area contributed by atoms with E-state index < -0.39 is 0 Å². The Morgan fingerprint density at radius 1 is 1.44 bits per heavy atom. The maximum absolute atomic E-state index is 5.54.